The first-order valence-corrected chi connectivity index (χ1v) is 8.99. The second kappa shape index (κ2) is 6.76. The van der Waals surface area contributed by atoms with Gasteiger partial charge in [0.1, 0.15) is 0 Å². The summed E-state index contributed by atoms with van der Waals surface area (Å²) in [5.74, 6) is 0.807. The minimum atomic E-state index is 0.351. The van der Waals surface area contributed by atoms with Crippen molar-refractivity contribution in [1.82, 2.24) is 5.32 Å². The monoisotopic (exact) mass is 299 g/mol. The molecule has 0 amide bonds. The van der Waals surface area contributed by atoms with Gasteiger partial charge in [0.05, 0.1) is 6.04 Å². The number of hydrogen-bond donors (Lipinski definition) is 1. The van der Waals surface area contributed by atoms with Gasteiger partial charge in [-0.3, -0.25) is 0 Å². The standard InChI is InChI=1S/C19H25NS/c1-3-12-20-19(18-11-10-14(2)21-18)17-9-5-8-16(13-17)15-6-4-7-15/h5,8-11,13,15,19-20H,3-4,6-7,12H2,1-2H3. The molecule has 2 aromatic rings. The van der Waals surface area contributed by atoms with E-state index in [4.69, 9.17) is 0 Å². The molecule has 21 heavy (non-hydrogen) atoms. The van der Waals surface area contributed by atoms with Crippen molar-refractivity contribution in [2.45, 2.75) is 51.5 Å². The highest BCUT2D eigenvalue weighted by Crippen LogP contribution is 2.38. The van der Waals surface area contributed by atoms with Crippen molar-refractivity contribution in [2.24, 2.45) is 0 Å². The van der Waals surface area contributed by atoms with Crippen LogP contribution in [-0.4, -0.2) is 6.54 Å². The molecule has 112 valence electrons. The second-order valence-corrected chi connectivity index (χ2v) is 7.45. The van der Waals surface area contributed by atoms with Crippen molar-refractivity contribution in [3.05, 3.63) is 57.3 Å². The molecule has 0 aliphatic heterocycles. The van der Waals surface area contributed by atoms with Crippen LogP contribution in [0.5, 0.6) is 0 Å². The molecule has 3 rings (SSSR count). The van der Waals surface area contributed by atoms with Gasteiger partial charge in [-0.05, 0) is 61.9 Å². The normalized spacial score (nSPS) is 16.7. The van der Waals surface area contributed by atoms with E-state index in [9.17, 15) is 0 Å². The van der Waals surface area contributed by atoms with Crippen LogP contribution in [0.3, 0.4) is 0 Å². The lowest BCUT2D eigenvalue weighted by Crippen LogP contribution is -2.22. The number of hydrogen-bond acceptors (Lipinski definition) is 2. The van der Waals surface area contributed by atoms with Crippen LogP contribution in [0.2, 0.25) is 0 Å². The Labute approximate surface area is 132 Å². The highest BCUT2D eigenvalue weighted by atomic mass is 32.1. The molecule has 1 N–H and O–H groups in total. The molecule has 1 fully saturated rings. The average molecular weight is 299 g/mol. The highest BCUT2D eigenvalue weighted by molar-refractivity contribution is 7.12. The molecule has 1 aliphatic carbocycles. The third-order valence-electron chi connectivity index (χ3n) is 4.46. The Hall–Kier alpha value is -1.12. The maximum Gasteiger partial charge on any atom is 0.0671 e. The summed E-state index contributed by atoms with van der Waals surface area (Å²) in [4.78, 5) is 2.83. The summed E-state index contributed by atoms with van der Waals surface area (Å²) in [6.45, 7) is 5.49. The van der Waals surface area contributed by atoms with Crippen LogP contribution in [-0.2, 0) is 0 Å². The van der Waals surface area contributed by atoms with E-state index in [2.05, 4.69) is 55.6 Å². The van der Waals surface area contributed by atoms with Gasteiger partial charge in [0.15, 0.2) is 0 Å². The predicted molar refractivity (Wildman–Crippen MR) is 92.2 cm³/mol. The van der Waals surface area contributed by atoms with Gasteiger partial charge in [-0.2, -0.15) is 0 Å². The van der Waals surface area contributed by atoms with Crippen molar-refractivity contribution in [1.29, 1.82) is 0 Å². The molecule has 1 aromatic carbocycles. The second-order valence-electron chi connectivity index (χ2n) is 6.13. The molecule has 0 radical (unpaired) electrons. The number of rotatable bonds is 6. The lowest BCUT2D eigenvalue weighted by molar-refractivity contribution is 0.419. The van der Waals surface area contributed by atoms with Crippen LogP contribution < -0.4 is 5.32 Å². The summed E-state index contributed by atoms with van der Waals surface area (Å²) in [5, 5.41) is 3.73. The molecule has 0 saturated heterocycles. The fourth-order valence-electron chi connectivity index (χ4n) is 3.01. The molecule has 1 nitrogen and oxygen atoms in total. The lowest BCUT2D eigenvalue weighted by Gasteiger charge is -2.27. The van der Waals surface area contributed by atoms with Crippen molar-refractivity contribution in [3.63, 3.8) is 0 Å². The van der Waals surface area contributed by atoms with E-state index in [1.54, 1.807) is 0 Å². The molecule has 1 saturated carbocycles. The van der Waals surface area contributed by atoms with Gasteiger partial charge in [-0.25, -0.2) is 0 Å². The fraction of sp³-hybridized carbons (Fsp3) is 0.474. The molecule has 1 atom stereocenters. The van der Waals surface area contributed by atoms with Crippen LogP contribution in [0.1, 0.15) is 65.4 Å². The zero-order chi connectivity index (χ0) is 14.7. The molecule has 1 unspecified atom stereocenters. The molecule has 1 aromatic heterocycles. The third kappa shape index (κ3) is 3.38. The van der Waals surface area contributed by atoms with Gasteiger partial charge in [-0.1, -0.05) is 37.6 Å². The average Bonchev–Trinajstić information content (AvgIpc) is 2.84. The molecule has 0 bridgehead atoms. The van der Waals surface area contributed by atoms with Gasteiger partial charge >= 0.3 is 0 Å². The van der Waals surface area contributed by atoms with Crippen molar-refractivity contribution >= 4 is 11.3 Å². The SMILES string of the molecule is CCCNC(c1cccc(C2CCC2)c1)c1ccc(C)s1. The quantitative estimate of drug-likeness (QED) is 0.751. The van der Waals surface area contributed by atoms with Crippen LogP contribution in [0.25, 0.3) is 0 Å². The summed E-state index contributed by atoms with van der Waals surface area (Å²) in [6, 6.07) is 14.1. The smallest absolute Gasteiger partial charge is 0.0671 e. The molecule has 1 heterocycles. The first-order chi connectivity index (χ1) is 10.3. The van der Waals surface area contributed by atoms with Crippen LogP contribution in [0, 0.1) is 6.92 Å². The zero-order valence-electron chi connectivity index (χ0n) is 13.1. The summed E-state index contributed by atoms with van der Waals surface area (Å²) in [5.41, 5.74) is 2.96. The molecule has 2 heteroatoms. The van der Waals surface area contributed by atoms with Crippen LogP contribution in [0.4, 0.5) is 0 Å². The van der Waals surface area contributed by atoms with Crippen LogP contribution >= 0.6 is 11.3 Å². The Bertz CT molecular complexity index is 583. The molecular formula is C19H25NS. The van der Waals surface area contributed by atoms with Gasteiger partial charge in [0, 0.05) is 9.75 Å². The number of thiophene rings is 1. The Morgan fingerprint density at radius 1 is 1.24 bits per heavy atom. The predicted octanol–water partition coefficient (Wildman–Crippen LogP) is 5.41. The number of benzene rings is 1. The van der Waals surface area contributed by atoms with E-state index >= 15 is 0 Å². The van der Waals surface area contributed by atoms with Gasteiger partial charge < -0.3 is 5.32 Å². The summed E-state index contributed by atoms with van der Waals surface area (Å²) in [7, 11) is 0. The summed E-state index contributed by atoms with van der Waals surface area (Å²) >= 11 is 1.91. The van der Waals surface area contributed by atoms with E-state index in [0.717, 1.165) is 12.5 Å². The van der Waals surface area contributed by atoms with Crippen molar-refractivity contribution in [3.8, 4) is 0 Å². The van der Waals surface area contributed by atoms with E-state index < -0.39 is 0 Å². The Morgan fingerprint density at radius 3 is 2.71 bits per heavy atom. The van der Waals surface area contributed by atoms with Gasteiger partial charge in [0.25, 0.3) is 0 Å². The largest absolute Gasteiger partial charge is 0.306 e. The zero-order valence-corrected chi connectivity index (χ0v) is 13.9. The van der Waals surface area contributed by atoms with Gasteiger partial charge in [0.2, 0.25) is 0 Å². The van der Waals surface area contributed by atoms with E-state index in [-0.39, 0.29) is 0 Å². The van der Waals surface area contributed by atoms with E-state index in [1.165, 1.54) is 46.6 Å². The first kappa shape index (κ1) is 14.8. The lowest BCUT2D eigenvalue weighted by atomic mass is 9.79. The van der Waals surface area contributed by atoms with Crippen molar-refractivity contribution < 1.29 is 0 Å². The first-order valence-electron chi connectivity index (χ1n) is 8.17. The molecule has 0 spiro atoms. The minimum absolute atomic E-state index is 0.351. The van der Waals surface area contributed by atoms with Crippen molar-refractivity contribution in [2.75, 3.05) is 6.54 Å². The Morgan fingerprint density at radius 2 is 2.10 bits per heavy atom. The third-order valence-corrected chi connectivity index (χ3v) is 5.53. The fourth-order valence-corrected chi connectivity index (χ4v) is 4.00. The maximum atomic E-state index is 3.73. The topological polar surface area (TPSA) is 12.0 Å². The number of nitrogens with one attached hydrogen (secondary N) is 1. The van der Waals surface area contributed by atoms with Gasteiger partial charge in [-0.15, -0.1) is 11.3 Å². The Balaban J connectivity index is 1.88. The molecule has 1 aliphatic rings. The van der Waals surface area contributed by atoms with E-state index in [1.807, 2.05) is 11.3 Å². The highest BCUT2D eigenvalue weighted by Gasteiger charge is 2.21. The maximum absolute atomic E-state index is 3.73. The summed E-state index contributed by atoms with van der Waals surface area (Å²) < 4.78 is 0. The Kier molecular flexibility index (Phi) is 4.77. The van der Waals surface area contributed by atoms with Crippen LogP contribution in [0.15, 0.2) is 36.4 Å². The number of aryl methyl sites for hydroxylation is 1. The summed E-state index contributed by atoms with van der Waals surface area (Å²) in [6.07, 6.45) is 5.31. The minimum Gasteiger partial charge on any atom is -0.306 e. The molecular weight excluding hydrogens is 274 g/mol. The van der Waals surface area contributed by atoms with E-state index in [0.29, 0.717) is 6.04 Å².